The van der Waals surface area contributed by atoms with Crippen LogP contribution in [0, 0.1) is 0 Å². The van der Waals surface area contributed by atoms with E-state index in [9.17, 15) is 9.59 Å². The number of nitrogens with one attached hydrogen (secondary N) is 1. The fraction of sp³-hybridized carbons (Fsp3) is 0.250. The molecule has 0 saturated heterocycles. The molecule has 0 unspecified atom stereocenters. The van der Waals surface area contributed by atoms with Crippen molar-refractivity contribution in [3.8, 4) is 11.5 Å². The van der Waals surface area contributed by atoms with Crippen LogP contribution in [-0.4, -0.2) is 28.2 Å². The molecule has 7 heteroatoms. The molecule has 1 amide bonds. The average molecular weight is 417 g/mol. The van der Waals surface area contributed by atoms with E-state index < -0.39 is 11.7 Å². The van der Waals surface area contributed by atoms with Crippen LogP contribution in [0.3, 0.4) is 0 Å². The number of carbonyl (C=O) groups excluding carboxylic acids is 2. The maximum Gasteiger partial charge on any atom is 0.412 e. The van der Waals surface area contributed by atoms with E-state index in [4.69, 9.17) is 9.47 Å². The Balaban J connectivity index is 1.69. The van der Waals surface area contributed by atoms with Gasteiger partial charge in [-0.25, -0.2) is 14.8 Å². The minimum atomic E-state index is -0.596. The number of amides is 1. The summed E-state index contributed by atoms with van der Waals surface area (Å²) >= 11 is 0. The third kappa shape index (κ3) is 4.40. The second-order valence-electron chi connectivity index (χ2n) is 8.29. The van der Waals surface area contributed by atoms with Crippen LogP contribution in [0.1, 0.15) is 33.3 Å². The summed E-state index contributed by atoms with van der Waals surface area (Å²) in [5, 5.41) is 4.42. The molecule has 1 aromatic heterocycles. The molecule has 2 aromatic carbocycles. The zero-order valence-electron chi connectivity index (χ0n) is 17.9. The topological polar surface area (TPSA) is 89.9 Å². The van der Waals surface area contributed by atoms with Gasteiger partial charge in [-0.1, -0.05) is 24.3 Å². The summed E-state index contributed by atoms with van der Waals surface area (Å²) in [5.74, 6) is 1.58. The molecule has 1 aliphatic rings. The number of rotatable bonds is 3. The van der Waals surface area contributed by atoms with Crippen molar-refractivity contribution in [1.82, 2.24) is 4.98 Å². The van der Waals surface area contributed by atoms with Crippen LogP contribution in [0.4, 0.5) is 16.3 Å². The number of nitrogens with zero attached hydrogens (tertiary/aromatic N) is 2. The van der Waals surface area contributed by atoms with E-state index in [2.05, 4.69) is 15.3 Å². The Kier molecular flexibility index (Phi) is 5.19. The zero-order valence-corrected chi connectivity index (χ0v) is 17.9. The number of ketones is 1. The number of fused-ring (bicyclic) bond motifs is 2. The number of benzene rings is 2. The molecular formula is C24H23N3O4. The number of hydrogen-bond donors (Lipinski definition) is 1. The largest absolute Gasteiger partial charge is 0.456 e. The van der Waals surface area contributed by atoms with E-state index in [0.29, 0.717) is 34.3 Å². The van der Waals surface area contributed by atoms with Gasteiger partial charge in [0.25, 0.3) is 0 Å². The Hall–Kier alpha value is -3.74. The van der Waals surface area contributed by atoms with Gasteiger partial charge >= 0.3 is 6.09 Å². The molecule has 0 bridgehead atoms. The first kappa shape index (κ1) is 20.5. The molecule has 1 aliphatic heterocycles. The van der Waals surface area contributed by atoms with Gasteiger partial charge < -0.3 is 9.47 Å². The van der Waals surface area contributed by atoms with E-state index >= 15 is 0 Å². The number of ether oxygens (including phenoxy) is 2. The van der Waals surface area contributed by atoms with Gasteiger partial charge in [-0.3, -0.25) is 10.1 Å². The summed E-state index contributed by atoms with van der Waals surface area (Å²) in [5.41, 5.74) is 1.13. The summed E-state index contributed by atoms with van der Waals surface area (Å²) in [4.78, 5) is 32.9. The van der Waals surface area contributed by atoms with E-state index in [1.165, 1.54) is 0 Å². The van der Waals surface area contributed by atoms with Crippen molar-refractivity contribution in [2.24, 2.45) is 4.99 Å². The summed E-state index contributed by atoms with van der Waals surface area (Å²) < 4.78 is 11.6. The molecule has 0 saturated carbocycles. The fourth-order valence-electron chi connectivity index (χ4n) is 3.33. The van der Waals surface area contributed by atoms with E-state index in [-0.39, 0.29) is 12.2 Å². The second-order valence-corrected chi connectivity index (χ2v) is 8.29. The van der Waals surface area contributed by atoms with Crippen molar-refractivity contribution in [3.63, 3.8) is 0 Å². The Morgan fingerprint density at radius 1 is 1.03 bits per heavy atom. The molecule has 158 valence electrons. The molecule has 4 rings (SSSR count). The minimum Gasteiger partial charge on any atom is -0.456 e. The number of pyridine rings is 1. The van der Waals surface area contributed by atoms with Gasteiger partial charge in [-0.2, -0.15) is 0 Å². The second kappa shape index (κ2) is 7.83. The molecule has 7 nitrogen and oxygen atoms in total. The van der Waals surface area contributed by atoms with Gasteiger partial charge in [-0.15, -0.1) is 0 Å². The number of Topliss-reactive ketones (excluding diaryl/α,β-unsaturated/α-hetero) is 1. The maximum absolute atomic E-state index is 12.2. The molecular weight excluding hydrogens is 394 g/mol. The van der Waals surface area contributed by atoms with Crippen LogP contribution in [0.25, 0.3) is 10.8 Å². The normalized spacial score (nSPS) is 13.4. The number of anilines is 1. The summed E-state index contributed by atoms with van der Waals surface area (Å²) in [7, 11) is 0. The highest BCUT2D eigenvalue weighted by Gasteiger charge is 2.23. The van der Waals surface area contributed by atoms with Crippen LogP contribution in [0.15, 0.2) is 53.7 Å². The first-order valence-corrected chi connectivity index (χ1v) is 9.97. The highest BCUT2D eigenvalue weighted by molar-refractivity contribution is 6.40. The lowest BCUT2D eigenvalue weighted by molar-refractivity contribution is -0.112. The number of aliphatic imine (C=N–C) groups is 1. The lowest BCUT2D eigenvalue weighted by Crippen LogP contribution is -2.27. The first-order chi connectivity index (χ1) is 14.7. The minimum absolute atomic E-state index is 0.0490. The third-order valence-corrected chi connectivity index (χ3v) is 4.74. The van der Waals surface area contributed by atoms with Crippen molar-refractivity contribution in [2.75, 3.05) is 5.32 Å². The molecule has 1 N–H and O–H groups in total. The van der Waals surface area contributed by atoms with E-state index in [1.807, 2.05) is 45.0 Å². The lowest BCUT2D eigenvalue weighted by Gasteiger charge is -2.20. The SMILES string of the molecule is CC1=Nc2nccc(Oc3ccc(NC(=O)OC(C)(C)C)c4ccccc34)c2CC1=O. The van der Waals surface area contributed by atoms with Crippen LogP contribution in [-0.2, 0) is 16.0 Å². The quantitative estimate of drug-likeness (QED) is 0.600. The highest BCUT2D eigenvalue weighted by Crippen LogP contribution is 2.38. The molecule has 0 spiro atoms. The van der Waals surface area contributed by atoms with Crippen LogP contribution >= 0.6 is 0 Å². The Morgan fingerprint density at radius 3 is 2.52 bits per heavy atom. The lowest BCUT2D eigenvalue weighted by atomic mass is 10.0. The molecule has 0 radical (unpaired) electrons. The summed E-state index contributed by atoms with van der Waals surface area (Å²) in [6.45, 7) is 7.12. The number of aromatic nitrogens is 1. The van der Waals surface area contributed by atoms with Crippen LogP contribution < -0.4 is 10.1 Å². The number of carbonyl (C=O) groups is 2. The van der Waals surface area contributed by atoms with Gasteiger partial charge in [0.2, 0.25) is 0 Å². The fourth-order valence-corrected chi connectivity index (χ4v) is 3.33. The predicted octanol–water partition coefficient (Wildman–Crippen LogP) is 5.59. The highest BCUT2D eigenvalue weighted by atomic mass is 16.6. The first-order valence-electron chi connectivity index (χ1n) is 9.97. The predicted molar refractivity (Wildman–Crippen MR) is 120 cm³/mol. The molecule has 0 fully saturated rings. The molecule has 0 atom stereocenters. The van der Waals surface area contributed by atoms with Crippen molar-refractivity contribution in [2.45, 2.75) is 39.7 Å². The van der Waals surface area contributed by atoms with Crippen molar-refractivity contribution < 1.29 is 19.1 Å². The van der Waals surface area contributed by atoms with Crippen LogP contribution in [0.5, 0.6) is 11.5 Å². The van der Waals surface area contributed by atoms with Crippen LogP contribution in [0.2, 0.25) is 0 Å². The average Bonchev–Trinajstić information content (AvgIpc) is 2.70. The Morgan fingerprint density at radius 2 is 1.77 bits per heavy atom. The summed E-state index contributed by atoms with van der Waals surface area (Å²) in [6, 6.07) is 12.9. The van der Waals surface area contributed by atoms with Crippen molar-refractivity contribution in [1.29, 1.82) is 0 Å². The van der Waals surface area contributed by atoms with Gasteiger partial charge in [0.05, 0.1) is 11.4 Å². The molecule has 2 heterocycles. The maximum atomic E-state index is 12.2. The van der Waals surface area contributed by atoms with Gasteiger partial charge in [-0.05, 0) is 45.9 Å². The number of hydrogen-bond acceptors (Lipinski definition) is 6. The van der Waals surface area contributed by atoms with E-state index in [0.717, 1.165) is 10.8 Å². The Labute approximate surface area is 180 Å². The summed E-state index contributed by atoms with van der Waals surface area (Å²) in [6.07, 6.45) is 1.28. The smallest absolute Gasteiger partial charge is 0.412 e. The van der Waals surface area contributed by atoms with Crippen molar-refractivity contribution in [3.05, 3.63) is 54.2 Å². The van der Waals surface area contributed by atoms with Crippen molar-refractivity contribution >= 4 is 39.9 Å². The molecule has 31 heavy (non-hydrogen) atoms. The van der Waals surface area contributed by atoms with Gasteiger partial charge in [0.1, 0.15) is 17.1 Å². The molecule has 3 aromatic rings. The van der Waals surface area contributed by atoms with Gasteiger partial charge in [0.15, 0.2) is 11.6 Å². The van der Waals surface area contributed by atoms with Gasteiger partial charge in [0, 0.05) is 29.0 Å². The Bertz CT molecular complexity index is 1230. The molecule has 0 aliphatic carbocycles. The third-order valence-electron chi connectivity index (χ3n) is 4.74. The van der Waals surface area contributed by atoms with E-state index in [1.54, 1.807) is 31.3 Å². The zero-order chi connectivity index (χ0) is 22.2. The monoisotopic (exact) mass is 417 g/mol. The standard InChI is InChI=1S/C24H23N3O4/c1-14-19(28)13-17-21(11-12-25-22(17)26-14)30-20-10-9-18(15-7-5-6-8-16(15)20)27-23(29)31-24(2,3)4/h5-12H,13H2,1-4H3,(H,27,29).